The second-order valence-electron chi connectivity index (χ2n) is 4.76. The van der Waals surface area contributed by atoms with Gasteiger partial charge in [0.1, 0.15) is 0 Å². The zero-order chi connectivity index (χ0) is 11.9. The number of carboxylic acids is 1. The Hall–Kier alpha value is -0.830. The lowest BCUT2D eigenvalue weighted by molar-refractivity contribution is -0.148. The van der Waals surface area contributed by atoms with Gasteiger partial charge < -0.3 is 9.84 Å². The van der Waals surface area contributed by atoms with Crippen molar-refractivity contribution in [3.63, 3.8) is 0 Å². The van der Waals surface area contributed by atoms with E-state index in [4.69, 9.17) is 9.84 Å². The molecule has 0 saturated heterocycles. The Morgan fingerprint density at radius 1 is 1.47 bits per heavy atom. The zero-order valence-electron chi connectivity index (χ0n) is 10.1. The molecule has 0 amide bonds. The summed E-state index contributed by atoms with van der Waals surface area (Å²) in [6, 6.07) is 0. The lowest BCUT2D eigenvalue weighted by Crippen LogP contribution is -2.21. The van der Waals surface area contributed by atoms with Gasteiger partial charge in [-0.15, -0.1) is 0 Å². The Morgan fingerprint density at radius 3 is 2.47 bits per heavy atom. The third-order valence-electron chi connectivity index (χ3n) is 2.01. The molecule has 0 fully saturated rings. The van der Waals surface area contributed by atoms with Crippen molar-refractivity contribution in [2.24, 2.45) is 5.41 Å². The SMILES string of the molecule is CO[C@H](CCC/C=C/C(C)(C)C)C(=O)O. The highest BCUT2D eigenvalue weighted by Crippen LogP contribution is 2.15. The highest BCUT2D eigenvalue weighted by atomic mass is 16.5. The molecule has 0 aromatic heterocycles. The molecule has 0 radical (unpaired) electrons. The third kappa shape index (κ3) is 8.18. The van der Waals surface area contributed by atoms with Gasteiger partial charge in [-0.1, -0.05) is 32.9 Å². The average Bonchev–Trinajstić information content (AvgIpc) is 2.08. The smallest absolute Gasteiger partial charge is 0.332 e. The molecular formula is C12H22O3. The maximum Gasteiger partial charge on any atom is 0.332 e. The van der Waals surface area contributed by atoms with E-state index in [1.165, 1.54) is 7.11 Å². The van der Waals surface area contributed by atoms with Crippen LogP contribution in [-0.4, -0.2) is 24.3 Å². The van der Waals surface area contributed by atoms with Gasteiger partial charge in [-0.05, 0) is 24.7 Å². The number of hydrogen-bond acceptors (Lipinski definition) is 2. The van der Waals surface area contributed by atoms with Crippen LogP contribution in [0.25, 0.3) is 0 Å². The third-order valence-corrected chi connectivity index (χ3v) is 2.01. The van der Waals surface area contributed by atoms with Crippen LogP contribution >= 0.6 is 0 Å². The van der Waals surface area contributed by atoms with E-state index >= 15 is 0 Å². The van der Waals surface area contributed by atoms with Crippen LogP contribution in [0.1, 0.15) is 40.0 Å². The molecule has 1 N–H and O–H groups in total. The maximum absolute atomic E-state index is 10.6. The number of unbranched alkanes of at least 4 members (excludes halogenated alkanes) is 1. The molecule has 88 valence electrons. The summed E-state index contributed by atoms with van der Waals surface area (Å²) in [5.74, 6) is -0.877. The van der Waals surface area contributed by atoms with E-state index in [1.54, 1.807) is 0 Å². The molecule has 0 spiro atoms. The van der Waals surface area contributed by atoms with Crippen LogP contribution in [0.4, 0.5) is 0 Å². The van der Waals surface area contributed by atoms with Gasteiger partial charge in [0.05, 0.1) is 0 Å². The number of aliphatic carboxylic acids is 1. The molecule has 0 aromatic carbocycles. The fraction of sp³-hybridized carbons (Fsp3) is 0.750. The van der Waals surface area contributed by atoms with E-state index in [-0.39, 0.29) is 5.41 Å². The summed E-state index contributed by atoms with van der Waals surface area (Å²) in [5.41, 5.74) is 0.202. The number of carbonyl (C=O) groups is 1. The van der Waals surface area contributed by atoms with E-state index < -0.39 is 12.1 Å². The highest BCUT2D eigenvalue weighted by molar-refractivity contribution is 5.72. The molecular weight excluding hydrogens is 192 g/mol. The van der Waals surface area contributed by atoms with Gasteiger partial charge in [-0.25, -0.2) is 4.79 Å². The lowest BCUT2D eigenvalue weighted by atomic mass is 9.95. The first-order valence-electron chi connectivity index (χ1n) is 5.30. The summed E-state index contributed by atoms with van der Waals surface area (Å²) in [6.45, 7) is 6.41. The minimum absolute atomic E-state index is 0.202. The van der Waals surface area contributed by atoms with Crippen molar-refractivity contribution in [1.82, 2.24) is 0 Å². The van der Waals surface area contributed by atoms with Crippen molar-refractivity contribution in [1.29, 1.82) is 0 Å². The summed E-state index contributed by atoms with van der Waals surface area (Å²) in [5, 5.41) is 8.72. The van der Waals surface area contributed by atoms with Gasteiger partial charge in [0.15, 0.2) is 6.10 Å². The van der Waals surface area contributed by atoms with Gasteiger partial charge in [0.2, 0.25) is 0 Å². The Morgan fingerprint density at radius 2 is 2.07 bits per heavy atom. The second kappa shape index (κ2) is 6.62. The number of hydrogen-bond donors (Lipinski definition) is 1. The number of rotatable bonds is 6. The van der Waals surface area contributed by atoms with E-state index in [9.17, 15) is 4.79 Å². The Bertz CT molecular complexity index is 213. The lowest BCUT2D eigenvalue weighted by Gasteiger charge is -2.11. The maximum atomic E-state index is 10.6. The van der Waals surface area contributed by atoms with Crippen LogP contribution in [0.5, 0.6) is 0 Å². The molecule has 1 atom stereocenters. The van der Waals surface area contributed by atoms with Crippen LogP contribution in [0, 0.1) is 5.41 Å². The van der Waals surface area contributed by atoms with Crippen LogP contribution < -0.4 is 0 Å². The van der Waals surface area contributed by atoms with Crippen molar-refractivity contribution >= 4 is 5.97 Å². The molecule has 0 saturated carbocycles. The van der Waals surface area contributed by atoms with Crippen LogP contribution in [0.15, 0.2) is 12.2 Å². The topological polar surface area (TPSA) is 46.5 Å². The summed E-state index contributed by atoms with van der Waals surface area (Å²) in [4.78, 5) is 10.6. The Balaban J connectivity index is 3.71. The van der Waals surface area contributed by atoms with Crippen molar-refractivity contribution in [3.05, 3.63) is 12.2 Å². The molecule has 0 aliphatic heterocycles. The standard InChI is InChI=1S/C12H22O3/c1-12(2,3)9-7-5-6-8-10(15-4)11(13)14/h7,9-10H,5-6,8H2,1-4H3,(H,13,14)/b9-7+/t10-/m1/s1. The molecule has 3 nitrogen and oxygen atoms in total. The molecule has 0 aliphatic carbocycles. The number of allylic oxidation sites excluding steroid dienone is 2. The Kier molecular flexibility index (Phi) is 6.25. The molecule has 0 unspecified atom stereocenters. The van der Waals surface area contributed by atoms with Gasteiger partial charge in [-0.3, -0.25) is 0 Å². The second-order valence-corrected chi connectivity index (χ2v) is 4.76. The Labute approximate surface area is 92.1 Å². The molecule has 3 heteroatoms. The van der Waals surface area contributed by atoms with Crippen LogP contribution in [0.3, 0.4) is 0 Å². The highest BCUT2D eigenvalue weighted by Gasteiger charge is 2.14. The summed E-state index contributed by atoms with van der Waals surface area (Å²) in [6.07, 6.45) is 5.92. The minimum Gasteiger partial charge on any atom is -0.479 e. The van der Waals surface area contributed by atoms with Gasteiger partial charge >= 0.3 is 5.97 Å². The van der Waals surface area contributed by atoms with Gasteiger partial charge in [0, 0.05) is 7.11 Å². The predicted octanol–water partition coefficient (Wildman–Crippen LogP) is 2.86. The largest absolute Gasteiger partial charge is 0.479 e. The molecule has 0 bridgehead atoms. The first-order chi connectivity index (χ1) is 6.87. The molecule has 15 heavy (non-hydrogen) atoms. The molecule has 0 heterocycles. The minimum atomic E-state index is -0.877. The van der Waals surface area contributed by atoms with E-state index in [0.29, 0.717) is 6.42 Å². The van der Waals surface area contributed by atoms with Gasteiger partial charge in [-0.2, -0.15) is 0 Å². The van der Waals surface area contributed by atoms with E-state index in [2.05, 4.69) is 32.9 Å². The van der Waals surface area contributed by atoms with Crippen molar-refractivity contribution in [3.8, 4) is 0 Å². The fourth-order valence-corrected chi connectivity index (χ4v) is 1.20. The average molecular weight is 214 g/mol. The van der Waals surface area contributed by atoms with Gasteiger partial charge in [0.25, 0.3) is 0 Å². The first kappa shape index (κ1) is 14.2. The normalized spacial score (nSPS) is 14.4. The fourth-order valence-electron chi connectivity index (χ4n) is 1.20. The quantitative estimate of drug-likeness (QED) is 0.546. The van der Waals surface area contributed by atoms with Crippen LogP contribution in [-0.2, 0) is 9.53 Å². The van der Waals surface area contributed by atoms with Crippen molar-refractivity contribution in [2.45, 2.75) is 46.1 Å². The summed E-state index contributed by atoms with van der Waals surface area (Å²) in [7, 11) is 1.43. The summed E-state index contributed by atoms with van der Waals surface area (Å²) < 4.78 is 4.84. The number of ether oxygens (including phenoxy) is 1. The zero-order valence-corrected chi connectivity index (χ0v) is 10.1. The predicted molar refractivity (Wildman–Crippen MR) is 60.9 cm³/mol. The van der Waals surface area contributed by atoms with Crippen molar-refractivity contribution < 1.29 is 14.6 Å². The number of carboxylic acid groups (broad SMARTS) is 1. The molecule has 0 aromatic rings. The van der Waals surface area contributed by atoms with Crippen LogP contribution in [0.2, 0.25) is 0 Å². The first-order valence-corrected chi connectivity index (χ1v) is 5.30. The molecule has 0 aliphatic rings. The van der Waals surface area contributed by atoms with E-state index in [0.717, 1.165) is 12.8 Å². The van der Waals surface area contributed by atoms with E-state index in [1.807, 2.05) is 0 Å². The monoisotopic (exact) mass is 214 g/mol. The summed E-state index contributed by atoms with van der Waals surface area (Å²) >= 11 is 0. The molecule has 0 rings (SSSR count). The van der Waals surface area contributed by atoms with Crippen molar-refractivity contribution in [2.75, 3.05) is 7.11 Å². The number of methoxy groups -OCH3 is 1.